The molecule has 0 saturated carbocycles. The highest BCUT2D eigenvalue weighted by Crippen LogP contribution is 2.18. The van der Waals surface area contributed by atoms with Gasteiger partial charge < -0.3 is 0 Å². The zero-order valence-electron chi connectivity index (χ0n) is 14.6. The number of hydrogen-bond donors (Lipinski definition) is 0. The highest BCUT2D eigenvalue weighted by atomic mass is 15.2. The van der Waals surface area contributed by atoms with Gasteiger partial charge in [0.05, 0.1) is 13.1 Å². The molecule has 0 aliphatic carbocycles. The third-order valence-corrected chi connectivity index (χ3v) is 4.46. The largest absolute Gasteiger partial charge is 0.323 e. The van der Waals surface area contributed by atoms with Crippen molar-refractivity contribution < 1.29 is 4.57 Å². The van der Waals surface area contributed by atoms with Gasteiger partial charge in [0.2, 0.25) is 5.82 Å². The smallest absolute Gasteiger partial charge is 0.238 e. The molecule has 0 aliphatic heterocycles. The Morgan fingerprint density at radius 2 is 1.56 bits per heavy atom. The van der Waals surface area contributed by atoms with E-state index >= 15 is 0 Å². The van der Waals surface area contributed by atoms with Crippen molar-refractivity contribution in [3.63, 3.8) is 0 Å². The molecule has 0 atom stereocenters. The normalized spacial score (nSPS) is 11.8. The van der Waals surface area contributed by atoms with E-state index in [0.29, 0.717) is 0 Å². The molecule has 0 spiro atoms. The van der Waals surface area contributed by atoms with E-state index in [1.807, 2.05) is 30.3 Å². The summed E-state index contributed by atoms with van der Waals surface area (Å²) in [5, 5.41) is 0. The van der Waals surface area contributed by atoms with Gasteiger partial charge in [0.25, 0.3) is 5.65 Å². The number of aromatic nitrogens is 4. The van der Waals surface area contributed by atoms with Gasteiger partial charge in [-0.15, -0.1) is 0 Å². The summed E-state index contributed by atoms with van der Waals surface area (Å²) in [7, 11) is 0. The van der Waals surface area contributed by atoms with Gasteiger partial charge in [-0.1, -0.05) is 47.4 Å². The lowest BCUT2D eigenvalue weighted by molar-refractivity contribution is -0.672. The Kier molecular flexibility index (Phi) is 4.02. The number of benzene rings is 2. The van der Waals surface area contributed by atoms with E-state index in [-0.39, 0.29) is 0 Å². The second kappa shape index (κ2) is 6.48. The van der Waals surface area contributed by atoms with E-state index in [0.717, 1.165) is 41.2 Å². The van der Waals surface area contributed by atoms with E-state index in [4.69, 9.17) is 9.97 Å². The highest BCUT2D eigenvalue weighted by molar-refractivity contribution is 5.82. The van der Waals surface area contributed by atoms with E-state index in [1.54, 1.807) is 0 Å². The van der Waals surface area contributed by atoms with Gasteiger partial charge in [-0.3, -0.25) is 0 Å². The summed E-state index contributed by atoms with van der Waals surface area (Å²) in [6.45, 7) is 6.00. The summed E-state index contributed by atoms with van der Waals surface area (Å²) in [5.41, 5.74) is 4.93. The topological polar surface area (TPSA) is 34.6 Å². The maximum Gasteiger partial charge on any atom is 0.323 e. The number of nitrogens with zero attached hydrogens (tertiary/aromatic N) is 4. The molecular weight excluding hydrogens is 308 g/mol. The van der Waals surface area contributed by atoms with E-state index in [2.05, 4.69) is 59.4 Å². The second-order valence-electron chi connectivity index (χ2n) is 5.95. The molecule has 0 unspecified atom stereocenters. The minimum absolute atomic E-state index is 0.852. The first-order chi connectivity index (χ1) is 12.3. The molecule has 0 radical (unpaired) electrons. The monoisotopic (exact) mass is 329 g/mol. The predicted octanol–water partition coefficient (Wildman–Crippen LogP) is 4.08. The SMILES string of the molecule is CCn1c(C=Cc2ccccc2)[n+](CC)c2nc3ccccc3nc21. The summed E-state index contributed by atoms with van der Waals surface area (Å²) < 4.78 is 4.47. The zero-order valence-corrected chi connectivity index (χ0v) is 14.6. The fraction of sp³-hybridized carbons (Fsp3) is 0.190. The quantitative estimate of drug-likeness (QED) is 0.529. The lowest BCUT2D eigenvalue weighted by Crippen LogP contribution is -2.35. The zero-order chi connectivity index (χ0) is 17.2. The molecular formula is C21H21N4+. The maximum atomic E-state index is 4.88. The summed E-state index contributed by atoms with van der Waals surface area (Å²) in [6, 6.07) is 18.4. The Bertz CT molecular complexity index is 1000. The Hall–Kier alpha value is -3.01. The molecule has 0 amide bonds. The Labute approximate surface area is 147 Å². The van der Waals surface area contributed by atoms with Gasteiger partial charge in [0.1, 0.15) is 5.52 Å². The number of fused-ring (bicyclic) bond motifs is 2. The van der Waals surface area contributed by atoms with Crippen LogP contribution in [0.3, 0.4) is 0 Å². The minimum atomic E-state index is 0.852. The molecule has 2 aromatic carbocycles. The van der Waals surface area contributed by atoms with Crippen LogP contribution in [0.15, 0.2) is 54.6 Å². The average Bonchev–Trinajstić information content (AvgIpc) is 2.96. The maximum absolute atomic E-state index is 4.88. The van der Waals surface area contributed by atoms with Crippen molar-refractivity contribution in [2.75, 3.05) is 0 Å². The van der Waals surface area contributed by atoms with Crippen LogP contribution in [-0.2, 0) is 13.1 Å². The first kappa shape index (κ1) is 15.5. The molecule has 4 aromatic rings. The number of para-hydroxylation sites is 2. The van der Waals surface area contributed by atoms with Crippen LogP contribution in [0.1, 0.15) is 25.2 Å². The first-order valence-electron chi connectivity index (χ1n) is 8.73. The van der Waals surface area contributed by atoms with Crippen molar-refractivity contribution in [3.8, 4) is 0 Å². The third kappa shape index (κ3) is 2.70. The van der Waals surface area contributed by atoms with Gasteiger partial charge in [-0.25, -0.2) is 14.1 Å². The number of rotatable bonds is 4. The van der Waals surface area contributed by atoms with Crippen LogP contribution in [0.25, 0.3) is 34.5 Å². The van der Waals surface area contributed by atoms with Crippen molar-refractivity contribution >= 4 is 34.5 Å². The number of hydrogen-bond acceptors (Lipinski definition) is 2. The van der Waals surface area contributed by atoms with Gasteiger partial charge in [-0.05, 0) is 37.6 Å². The number of imidazole rings is 1. The van der Waals surface area contributed by atoms with Crippen LogP contribution < -0.4 is 4.57 Å². The van der Waals surface area contributed by atoms with E-state index < -0.39 is 0 Å². The summed E-state index contributed by atoms with van der Waals surface area (Å²) >= 11 is 0. The minimum Gasteiger partial charge on any atom is -0.238 e. The Morgan fingerprint density at radius 1 is 0.880 bits per heavy atom. The Morgan fingerprint density at radius 3 is 2.24 bits per heavy atom. The van der Waals surface area contributed by atoms with Crippen molar-refractivity contribution in [1.82, 2.24) is 14.5 Å². The van der Waals surface area contributed by atoms with E-state index in [1.165, 1.54) is 5.56 Å². The van der Waals surface area contributed by atoms with Gasteiger partial charge in [0.15, 0.2) is 5.52 Å². The van der Waals surface area contributed by atoms with Crippen LogP contribution in [0, 0.1) is 0 Å². The van der Waals surface area contributed by atoms with Crippen LogP contribution in [0.5, 0.6) is 0 Å². The molecule has 2 heterocycles. The van der Waals surface area contributed by atoms with Gasteiger partial charge in [-0.2, -0.15) is 0 Å². The molecule has 4 rings (SSSR count). The van der Waals surface area contributed by atoms with Gasteiger partial charge >= 0.3 is 5.65 Å². The fourth-order valence-electron chi connectivity index (χ4n) is 3.24. The molecule has 4 heteroatoms. The van der Waals surface area contributed by atoms with Crippen molar-refractivity contribution in [2.45, 2.75) is 26.9 Å². The van der Waals surface area contributed by atoms with Crippen molar-refractivity contribution in [1.29, 1.82) is 0 Å². The highest BCUT2D eigenvalue weighted by Gasteiger charge is 2.23. The predicted molar refractivity (Wildman–Crippen MR) is 102 cm³/mol. The lowest BCUT2D eigenvalue weighted by atomic mass is 10.2. The van der Waals surface area contributed by atoms with Crippen LogP contribution in [0.4, 0.5) is 0 Å². The molecule has 4 nitrogen and oxygen atoms in total. The molecule has 0 N–H and O–H groups in total. The first-order valence-corrected chi connectivity index (χ1v) is 8.73. The van der Waals surface area contributed by atoms with E-state index in [9.17, 15) is 0 Å². The fourth-order valence-corrected chi connectivity index (χ4v) is 3.24. The third-order valence-electron chi connectivity index (χ3n) is 4.46. The summed E-state index contributed by atoms with van der Waals surface area (Å²) in [5.74, 6) is 1.12. The standard InChI is InChI=1S/C21H21N4/c1-3-24-19(15-14-16-10-6-5-7-11-16)25(4-2)21-20(24)22-17-12-8-9-13-18(17)23-21/h5-15H,3-4H2,1-2H3/q+1. The number of aryl methyl sites for hydroxylation is 2. The van der Waals surface area contributed by atoms with Crippen LogP contribution >= 0.6 is 0 Å². The molecule has 2 aromatic heterocycles. The lowest BCUT2D eigenvalue weighted by Gasteiger charge is -1.99. The van der Waals surface area contributed by atoms with Crippen molar-refractivity contribution in [3.05, 3.63) is 66.0 Å². The Balaban J connectivity index is 1.96. The van der Waals surface area contributed by atoms with Crippen molar-refractivity contribution in [2.24, 2.45) is 0 Å². The molecule has 0 saturated heterocycles. The van der Waals surface area contributed by atoms with Crippen LogP contribution in [-0.4, -0.2) is 14.5 Å². The van der Waals surface area contributed by atoms with Gasteiger partial charge in [0, 0.05) is 6.08 Å². The summed E-state index contributed by atoms with van der Waals surface area (Å²) in [4.78, 5) is 9.76. The molecule has 0 bridgehead atoms. The molecule has 0 aliphatic rings. The molecule has 124 valence electrons. The van der Waals surface area contributed by atoms with Crippen LogP contribution in [0.2, 0.25) is 0 Å². The second-order valence-corrected chi connectivity index (χ2v) is 5.95. The average molecular weight is 329 g/mol. The molecule has 0 fully saturated rings. The molecule has 25 heavy (non-hydrogen) atoms. The summed E-state index contributed by atoms with van der Waals surface area (Å²) in [6.07, 6.45) is 4.31.